The Kier molecular flexibility index (Phi) is 6.56. The highest BCUT2D eigenvalue weighted by Gasteiger charge is 2.36. The third-order valence-corrected chi connectivity index (χ3v) is 4.74. The number of nitrogens with one attached hydrogen (secondary N) is 1. The highest BCUT2D eigenvalue weighted by Crippen LogP contribution is 2.36. The topological polar surface area (TPSA) is 24.9 Å². The van der Waals surface area contributed by atoms with Gasteiger partial charge in [0.2, 0.25) is 0 Å². The summed E-state index contributed by atoms with van der Waals surface area (Å²) in [5.74, 6) is -0.479. The highest BCUT2D eigenvalue weighted by atomic mass is 35.5. The predicted molar refractivity (Wildman–Crippen MR) is 102 cm³/mol. The summed E-state index contributed by atoms with van der Waals surface area (Å²) in [7, 11) is 0. The zero-order valence-corrected chi connectivity index (χ0v) is 16.3. The van der Waals surface area contributed by atoms with Gasteiger partial charge in [-0.25, -0.2) is 9.37 Å². The molecular formula is C21H14ClF7N2. The van der Waals surface area contributed by atoms with Crippen molar-refractivity contribution in [1.82, 2.24) is 10.3 Å². The summed E-state index contributed by atoms with van der Waals surface area (Å²) in [6, 6.07) is 8.64. The fraction of sp³-hybridized carbons (Fsp3) is 0.190. The van der Waals surface area contributed by atoms with Crippen LogP contribution in [0, 0.1) is 5.82 Å². The standard InChI is InChI=1S/C21H14ClF7N2/c22-19-18(17(4-5-31-19)13-2-1-3-16(23)8-13)11-30-10-12-6-14(20(24,25)26)9-15(7-12)21(27,28)29/h1-9,30H,10-11H2. The van der Waals surface area contributed by atoms with Crippen LogP contribution in [0.15, 0.2) is 54.7 Å². The second-order valence-electron chi connectivity index (χ2n) is 6.66. The zero-order chi connectivity index (χ0) is 22.8. The quantitative estimate of drug-likeness (QED) is 0.330. The Labute approximate surface area is 177 Å². The summed E-state index contributed by atoms with van der Waals surface area (Å²) in [6.45, 7) is -0.309. The Bertz CT molecular complexity index is 1050. The third-order valence-electron chi connectivity index (χ3n) is 4.42. The molecule has 0 atom stereocenters. The Morgan fingerprint density at radius 3 is 2.06 bits per heavy atom. The molecule has 10 heteroatoms. The van der Waals surface area contributed by atoms with Crippen LogP contribution in [0.1, 0.15) is 22.3 Å². The van der Waals surface area contributed by atoms with Crippen LogP contribution < -0.4 is 5.32 Å². The van der Waals surface area contributed by atoms with E-state index < -0.39 is 29.3 Å². The van der Waals surface area contributed by atoms with Crippen LogP contribution in [-0.4, -0.2) is 4.98 Å². The molecule has 0 aliphatic rings. The van der Waals surface area contributed by atoms with E-state index in [1.54, 1.807) is 12.1 Å². The van der Waals surface area contributed by atoms with Crippen LogP contribution in [0.2, 0.25) is 5.15 Å². The summed E-state index contributed by atoms with van der Waals surface area (Å²) in [6.07, 6.45) is -8.44. The lowest BCUT2D eigenvalue weighted by molar-refractivity contribution is -0.143. The first-order valence-electron chi connectivity index (χ1n) is 8.83. The summed E-state index contributed by atoms with van der Waals surface area (Å²) in [5.41, 5.74) is -1.52. The molecule has 2 nitrogen and oxygen atoms in total. The molecule has 0 saturated heterocycles. The van der Waals surface area contributed by atoms with Gasteiger partial charge in [0.05, 0.1) is 11.1 Å². The van der Waals surface area contributed by atoms with Crippen LogP contribution in [-0.2, 0) is 25.4 Å². The largest absolute Gasteiger partial charge is 0.416 e. The van der Waals surface area contributed by atoms with Gasteiger partial charge in [0, 0.05) is 24.8 Å². The minimum absolute atomic E-state index is 0.0177. The van der Waals surface area contributed by atoms with Gasteiger partial charge < -0.3 is 5.32 Å². The van der Waals surface area contributed by atoms with Gasteiger partial charge in [0.15, 0.2) is 0 Å². The molecule has 0 saturated carbocycles. The second kappa shape index (κ2) is 8.84. The molecular weight excluding hydrogens is 449 g/mol. The maximum Gasteiger partial charge on any atom is 0.416 e. The van der Waals surface area contributed by atoms with Gasteiger partial charge in [0.1, 0.15) is 11.0 Å². The van der Waals surface area contributed by atoms with Crippen molar-refractivity contribution in [1.29, 1.82) is 0 Å². The summed E-state index contributed by atoms with van der Waals surface area (Å²) in [4.78, 5) is 3.94. The van der Waals surface area contributed by atoms with Gasteiger partial charge in [-0.1, -0.05) is 23.7 Å². The number of aromatic nitrogens is 1. The summed E-state index contributed by atoms with van der Waals surface area (Å²) >= 11 is 6.13. The third kappa shape index (κ3) is 5.74. The van der Waals surface area contributed by atoms with Gasteiger partial charge in [-0.2, -0.15) is 26.3 Å². The monoisotopic (exact) mass is 462 g/mol. The molecule has 0 fully saturated rings. The van der Waals surface area contributed by atoms with E-state index in [4.69, 9.17) is 11.6 Å². The van der Waals surface area contributed by atoms with E-state index in [-0.39, 0.29) is 29.9 Å². The van der Waals surface area contributed by atoms with Gasteiger partial charge >= 0.3 is 12.4 Å². The van der Waals surface area contributed by atoms with E-state index in [1.165, 1.54) is 24.4 Å². The molecule has 0 radical (unpaired) electrons. The predicted octanol–water partition coefficient (Wildman–Crippen LogP) is 6.87. The zero-order valence-electron chi connectivity index (χ0n) is 15.6. The first-order valence-corrected chi connectivity index (χ1v) is 9.21. The molecule has 31 heavy (non-hydrogen) atoms. The molecule has 1 heterocycles. The smallest absolute Gasteiger partial charge is 0.308 e. The molecule has 0 amide bonds. The SMILES string of the molecule is Fc1cccc(-c2ccnc(Cl)c2CNCc2cc(C(F)(F)F)cc(C(F)(F)F)c2)c1. The number of alkyl halides is 6. The maximum atomic E-state index is 13.6. The van der Waals surface area contributed by atoms with Crippen molar-refractivity contribution in [2.24, 2.45) is 0 Å². The Morgan fingerprint density at radius 2 is 1.48 bits per heavy atom. The van der Waals surface area contributed by atoms with Crippen molar-refractivity contribution in [2.45, 2.75) is 25.4 Å². The van der Waals surface area contributed by atoms with E-state index in [1.807, 2.05) is 0 Å². The van der Waals surface area contributed by atoms with Gasteiger partial charge in [-0.15, -0.1) is 0 Å². The van der Waals surface area contributed by atoms with Crippen LogP contribution in [0.5, 0.6) is 0 Å². The Morgan fingerprint density at radius 1 is 0.839 bits per heavy atom. The van der Waals surface area contributed by atoms with Gasteiger partial charge in [0.25, 0.3) is 0 Å². The van der Waals surface area contributed by atoms with E-state index in [2.05, 4.69) is 10.3 Å². The van der Waals surface area contributed by atoms with Crippen molar-refractivity contribution < 1.29 is 30.7 Å². The number of benzene rings is 2. The Hall–Kier alpha value is -2.65. The lowest BCUT2D eigenvalue weighted by atomic mass is 10.0. The lowest BCUT2D eigenvalue weighted by Crippen LogP contribution is -2.17. The molecule has 3 rings (SSSR count). The molecule has 0 aliphatic carbocycles. The van der Waals surface area contributed by atoms with Crippen molar-refractivity contribution in [3.63, 3.8) is 0 Å². The molecule has 1 N–H and O–H groups in total. The second-order valence-corrected chi connectivity index (χ2v) is 7.01. The van der Waals surface area contributed by atoms with Crippen molar-refractivity contribution in [3.05, 3.63) is 88.0 Å². The van der Waals surface area contributed by atoms with E-state index in [0.717, 1.165) is 0 Å². The first-order chi connectivity index (χ1) is 14.4. The molecule has 3 aromatic rings. The average molecular weight is 463 g/mol. The molecule has 1 aromatic heterocycles. The highest BCUT2D eigenvalue weighted by molar-refractivity contribution is 6.30. The molecule has 0 aliphatic heterocycles. The summed E-state index contributed by atoms with van der Waals surface area (Å²) in [5, 5.41) is 2.87. The van der Waals surface area contributed by atoms with Crippen molar-refractivity contribution >= 4 is 11.6 Å². The average Bonchev–Trinajstić information content (AvgIpc) is 2.67. The number of pyridine rings is 1. The number of halogens is 8. The number of nitrogens with zero attached hydrogens (tertiary/aromatic N) is 1. The van der Waals surface area contributed by atoms with E-state index in [0.29, 0.717) is 28.8 Å². The van der Waals surface area contributed by atoms with Crippen LogP contribution in [0.25, 0.3) is 11.1 Å². The minimum atomic E-state index is -4.92. The van der Waals surface area contributed by atoms with Gasteiger partial charge in [-0.05, 0) is 53.1 Å². The van der Waals surface area contributed by atoms with E-state index in [9.17, 15) is 30.7 Å². The van der Waals surface area contributed by atoms with Crippen molar-refractivity contribution in [3.8, 4) is 11.1 Å². The number of hydrogen-bond acceptors (Lipinski definition) is 2. The molecule has 0 unspecified atom stereocenters. The molecule has 2 aromatic carbocycles. The number of rotatable bonds is 5. The van der Waals surface area contributed by atoms with Crippen LogP contribution in [0.3, 0.4) is 0 Å². The lowest BCUT2D eigenvalue weighted by Gasteiger charge is -2.15. The molecule has 164 valence electrons. The van der Waals surface area contributed by atoms with Crippen molar-refractivity contribution in [2.75, 3.05) is 0 Å². The van der Waals surface area contributed by atoms with Crippen LogP contribution in [0.4, 0.5) is 30.7 Å². The normalized spacial score (nSPS) is 12.3. The summed E-state index contributed by atoms with van der Waals surface area (Å²) < 4.78 is 91.6. The molecule has 0 spiro atoms. The Balaban J connectivity index is 1.86. The fourth-order valence-electron chi connectivity index (χ4n) is 3.01. The van der Waals surface area contributed by atoms with Crippen LogP contribution >= 0.6 is 11.6 Å². The van der Waals surface area contributed by atoms with E-state index >= 15 is 0 Å². The maximum absolute atomic E-state index is 13.6. The van der Waals surface area contributed by atoms with Gasteiger partial charge in [-0.3, -0.25) is 0 Å². The number of hydrogen-bond donors (Lipinski definition) is 1. The first kappa shape index (κ1) is 23.0. The fourth-order valence-corrected chi connectivity index (χ4v) is 3.24. The molecule has 0 bridgehead atoms. The minimum Gasteiger partial charge on any atom is -0.308 e.